The fraction of sp³-hybridized carbons (Fsp3) is 0.424. The minimum Gasteiger partial charge on any atom is -0.370 e. The molecule has 0 saturated carbocycles. The lowest BCUT2D eigenvalue weighted by Crippen LogP contribution is -2.61. The van der Waals surface area contributed by atoms with Crippen molar-refractivity contribution >= 4 is 116 Å². The van der Waals surface area contributed by atoms with Gasteiger partial charge in [-0.25, -0.2) is 0 Å². The van der Waals surface area contributed by atoms with Crippen molar-refractivity contribution in [2.24, 2.45) is 34.4 Å². The summed E-state index contributed by atoms with van der Waals surface area (Å²) in [6.45, 7) is 4.54. The third kappa shape index (κ3) is 24.8. The first-order valence-corrected chi connectivity index (χ1v) is 33.3. The molecule has 6 rings (SSSR count). The van der Waals surface area contributed by atoms with Crippen LogP contribution in [0.4, 0.5) is 0 Å². The largest absolute Gasteiger partial charge is 0.370 e. The lowest BCUT2D eigenvalue weighted by molar-refractivity contribution is -0.136. The van der Waals surface area contributed by atoms with Crippen molar-refractivity contribution in [3.63, 3.8) is 0 Å². The van der Waals surface area contributed by atoms with E-state index in [-0.39, 0.29) is 114 Å². The summed E-state index contributed by atoms with van der Waals surface area (Å²) < 4.78 is 0. The Kier molecular flexibility index (Phi) is 30.2. The normalized spacial score (nSPS) is 14.0. The third-order valence-corrected chi connectivity index (χ3v) is 16.7. The standard InChI is InChI=1S/C66H96N26O10/c1-34(53(68)93)84-54(94)35(2)86-57(97)47(21-11-25-78-64(71)72)88-61(101)51(29-38-32-82-45-19-8-5-15-41(38)45)92-62(102)52(30-39-33-83-46-20-9-6-16-42(39)46)91-59(99)49(23-13-27-80-66(75)76)87-58(98)48(22-12-26-79-65(73)74)89-60(100)50(28-37-31-81-44-18-7-4-14-40(37)44)90-55(95)36(3)85-56(96)43(67)17-10-24-77-63(69)70/h4-9,14-16,18-20,31-36,43,47-52,81-83H,10-13,17,21-30,67H2,1-3H3,(H2,68,93)(H,84,94)(H,85,96)(H,86,97)(H,87,98)(H,88,101)(H,89,100)(H,90,95)(H,91,99)(H,92,102)(H4,69,70,77)(H4,71,72,78)(H4,73,74,79)(H4,75,76,80)/t34-,35-,36-,43-,47-,48-,49-,50-,51-,52-/m0/s1. The number of carbonyl (C=O) groups is 10. The van der Waals surface area contributed by atoms with Gasteiger partial charge < -0.3 is 118 Å². The van der Waals surface area contributed by atoms with E-state index in [1.807, 2.05) is 12.1 Å². The van der Waals surface area contributed by atoms with Crippen LogP contribution in [-0.4, -0.2) is 184 Å². The Labute approximate surface area is 587 Å². The molecule has 102 heavy (non-hydrogen) atoms. The van der Waals surface area contributed by atoms with Crippen LogP contribution in [0.15, 0.2) is 91.4 Å². The summed E-state index contributed by atoms with van der Waals surface area (Å²) in [5.41, 5.74) is 37.4. The summed E-state index contributed by atoms with van der Waals surface area (Å²) in [5.74, 6) is -9.72. The summed E-state index contributed by atoms with van der Waals surface area (Å²) in [7, 11) is 0. The zero-order valence-electron chi connectivity index (χ0n) is 57.1. The number of hydrogen-bond donors (Lipinski definition) is 26. The topological polar surface area (TPSA) is 626 Å². The molecule has 0 saturated heterocycles. The lowest BCUT2D eigenvalue weighted by atomic mass is 10.00. The molecule has 10 amide bonds. The number of rotatable bonds is 41. The van der Waals surface area contributed by atoms with Crippen molar-refractivity contribution in [3.05, 3.63) is 108 Å². The second-order valence-corrected chi connectivity index (χ2v) is 24.7. The summed E-state index contributed by atoms with van der Waals surface area (Å²) in [4.78, 5) is 152. The van der Waals surface area contributed by atoms with Gasteiger partial charge in [-0.15, -0.1) is 0 Å². The quantitative estimate of drug-likeness (QED) is 0.0100. The molecule has 3 aromatic carbocycles. The molecule has 0 bridgehead atoms. The van der Waals surface area contributed by atoms with Crippen LogP contribution in [0.2, 0.25) is 0 Å². The molecule has 3 heterocycles. The zero-order chi connectivity index (χ0) is 74.6. The Hall–Kier alpha value is -12.0. The molecule has 32 N–H and O–H groups in total. The minimum atomic E-state index is -1.55. The van der Waals surface area contributed by atoms with E-state index in [4.69, 9.17) is 56.0 Å². The van der Waals surface area contributed by atoms with Gasteiger partial charge in [0.1, 0.15) is 54.4 Å². The van der Waals surface area contributed by atoms with Gasteiger partial charge in [-0.3, -0.25) is 69.6 Å². The van der Waals surface area contributed by atoms with E-state index in [2.05, 4.69) is 84.1 Å². The summed E-state index contributed by atoms with van der Waals surface area (Å²) >= 11 is 0. The van der Waals surface area contributed by atoms with Gasteiger partial charge in [0, 0.05) is 96.7 Å². The molecule has 36 heteroatoms. The molecule has 0 aliphatic carbocycles. The molecule has 6 aromatic rings. The average Bonchev–Trinajstić information content (AvgIpc) is 1.67. The van der Waals surface area contributed by atoms with Crippen LogP contribution in [0, 0.1) is 21.6 Å². The van der Waals surface area contributed by atoms with Gasteiger partial charge in [0.25, 0.3) is 0 Å². The van der Waals surface area contributed by atoms with Crippen molar-refractivity contribution in [1.29, 1.82) is 21.6 Å². The van der Waals surface area contributed by atoms with Gasteiger partial charge in [-0.05, 0) is 107 Å². The highest BCUT2D eigenvalue weighted by molar-refractivity contribution is 6.00. The molecule has 0 unspecified atom stereocenters. The molecule has 0 aliphatic heterocycles. The van der Waals surface area contributed by atoms with Gasteiger partial charge >= 0.3 is 0 Å². The number of fused-ring (bicyclic) bond motifs is 3. The second-order valence-electron chi connectivity index (χ2n) is 24.7. The van der Waals surface area contributed by atoms with Crippen molar-refractivity contribution in [3.8, 4) is 0 Å². The number of para-hydroxylation sites is 3. The Morgan fingerprint density at radius 1 is 0.343 bits per heavy atom. The fourth-order valence-electron chi connectivity index (χ4n) is 11.1. The number of nitrogens with two attached hydrogens (primary N) is 6. The van der Waals surface area contributed by atoms with Crippen LogP contribution in [0.25, 0.3) is 32.7 Å². The van der Waals surface area contributed by atoms with E-state index in [1.54, 1.807) is 79.3 Å². The third-order valence-electron chi connectivity index (χ3n) is 16.7. The maximum absolute atomic E-state index is 15.4. The first-order chi connectivity index (χ1) is 48.6. The Morgan fingerprint density at radius 3 is 0.922 bits per heavy atom. The van der Waals surface area contributed by atoms with E-state index in [0.717, 1.165) is 5.52 Å². The highest BCUT2D eigenvalue weighted by Gasteiger charge is 2.36. The Balaban J connectivity index is 1.34. The fourth-order valence-corrected chi connectivity index (χ4v) is 11.1. The van der Waals surface area contributed by atoms with E-state index < -0.39 is 119 Å². The number of aromatic amines is 3. The molecule has 0 aliphatic rings. The number of benzene rings is 3. The van der Waals surface area contributed by atoms with Crippen molar-refractivity contribution in [2.75, 3.05) is 26.2 Å². The Bertz CT molecular complexity index is 3960. The summed E-state index contributed by atoms with van der Waals surface area (Å²) in [5, 5.41) is 67.5. The molecule has 3 aromatic heterocycles. The van der Waals surface area contributed by atoms with E-state index in [9.17, 15) is 28.8 Å². The summed E-state index contributed by atoms with van der Waals surface area (Å²) in [6.07, 6.45) is 4.87. The van der Waals surface area contributed by atoms with Gasteiger partial charge in [0.05, 0.1) is 6.04 Å². The molecule has 550 valence electrons. The number of guanidine groups is 4. The van der Waals surface area contributed by atoms with E-state index in [1.165, 1.54) is 20.8 Å². The van der Waals surface area contributed by atoms with Crippen LogP contribution in [0.5, 0.6) is 0 Å². The highest BCUT2D eigenvalue weighted by atomic mass is 16.2. The van der Waals surface area contributed by atoms with Crippen LogP contribution in [-0.2, 0) is 67.2 Å². The van der Waals surface area contributed by atoms with Crippen molar-refractivity contribution in [2.45, 2.75) is 152 Å². The van der Waals surface area contributed by atoms with Crippen LogP contribution in [0.1, 0.15) is 88.8 Å². The zero-order valence-corrected chi connectivity index (χ0v) is 57.1. The predicted octanol–water partition coefficient (Wildman–Crippen LogP) is -3.55. The van der Waals surface area contributed by atoms with E-state index >= 15 is 19.2 Å². The number of nitrogens with one attached hydrogen (secondary N) is 20. The molecule has 0 radical (unpaired) electrons. The monoisotopic (exact) mass is 1410 g/mol. The minimum absolute atomic E-state index is 0.0290. The Morgan fingerprint density at radius 2 is 0.598 bits per heavy atom. The van der Waals surface area contributed by atoms with Crippen LogP contribution < -0.4 is 104 Å². The summed E-state index contributed by atoms with van der Waals surface area (Å²) in [6, 6.07) is 8.04. The first-order valence-electron chi connectivity index (χ1n) is 33.3. The molecule has 10 atom stereocenters. The van der Waals surface area contributed by atoms with Gasteiger partial charge in [0.2, 0.25) is 59.1 Å². The van der Waals surface area contributed by atoms with Gasteiger partial charge in [0.15, 0.2) is 23.8 Å². The number of primary amides is 1. The molecule has 36 nitrogen and oxygen atoms in total. The van der Waals surface area contributed by atoms with Crippen LogP contribution >= 0.6 is 0 Å². The molecule has 0 fully saturated rings. The van der Waals surface area contributed by atoms with Crippen molar-refractivity contribution in [1.82, 2.24) is 84.1 Å². The second kappa shape index (κ2) is 39.0. The highest BCUT2D eigenvalue weighted by Crippen LogP contribution is 2.23. The maximum atomic E-state index is 15.4. The SMILES string of the molecule is C[C@H](NC(=O)[C@H](C)NC(=O)[C@H](CCCNC(=N)N)NC(=O)[C@H](Cc1c[nH]c2ccccc12)NC(=O)[C@H](Cc1c[nH]c2ccccc12)NC(=O)[C@H](CCCNC(=N)N)NC(=O)[C@H](CCCNC(=N)N)NC(=O)[C@H](Cc1c[nH]c2ccccc12)NC(=O)[C@H](C)NC(=O)[C@@H](N)CCCNC(=N)N)C(N)=O. The number of amides is 10. The van der Waals surface area contributed by atoms with E-state index in [0.29, 0.717) is 50.3 Å². The smallest absolute Gasteiger partial charge is 0.243 e. The average molecular weight is 1410 g/mol. The maximum Gasteiger partial charge on any atom is 0.243 e. The number of hydrogen-bond acceptors (Lipinski definition) is 15. The number of aromatic nitrogens is 3. The first kappa shape index (κ1) is 79.0. The number of carbonyl (C=O) groups excluding carboxylic acids is 10. The number of H-pyrrole nitrogens is 3. The molecular weight excluding hydrogens is 1320 g/mol. The van der Waals surface area contributed by atoms with Crippen LogP contribution in [0.3, 0.4) is 0 Å². The van der Waals surface area contributed by atoms with Gasteiger partial charge in [-0.2, -0.15) is 0 Å². The molecule has 0 spiro atoms. The lowest BCUT2D eigenvalue weighted by Gasteiger charge is -2.28. The van der Waals surface area contributed by atoms with Gasteiger partial charge in [-0.1, -0.05) is 54.6 Å². The van der Waals surface area contributed by atoms with Crippen molar-refractivity contribution < 1.29 is 47.9 Å². The predicted molar refractivity (Wildman–Crippen MR) is 384 cm³/mol. The molecular formula is C66H96N26O10.